The molecule has 0 unspecified atom stereocenters. The first-order chi connectivity index (χ1) is 59.0. The second-order valence-corrected chi connectivity index (χ2v) is 29.9. The molecule has 0 N–H and O–H groups in total. The molecular weight excluding hydrogens is 1440 g/mol. The summed E-state index contributed by atoms with van der Waals surface area (Å²) >= 11 is 0. The zero-order valence-electron chi connectivity index (χ0n) is 65.8. The number of anilines is 9. The summed E-state index contributed by atoms with van der Waals surface area (Å²) in [6.45, 7) is 0. The van der Waals surface area contributed by atoms with E-state index < -0.39 is 0 Å². The van der Waals surface area contributed by atoms with E-state index >= 15 is 0 Å². The standard InChI is InChI=1S/C62H45N3.C54H38/c1-4-20-52(21-5-1)63(55-38-30-46(31-39-55)48-34-42-57(43-35-48)64(53-22-6-2-7-23-53)61-28-14-18-50-16-10-12-26-59(50)61)56-40-32-47(33-41-56)49-36-44-58(45-37-49)65(54-24-8-3-9-25-54)62-29-15-19-51-17-11-13-27-60(51)62;1-5-17-41(18-6-1)51(42-19-7-2-8-20-42)37-39-29-33-45(34-30-39)53-47-25-13-15-27-49(47)54(50-28-16-14-26-48(50)53)46-35-31-40(32-36-46)38-52(43-21-9-3-10-22-43)44-23-11-4-12-24-44/h1-45H;1-38H. The van der Waals surface area contributed by atoms with Gasteiger partial charge in [0.1, 0.15) is 0 Å². The molecule has 3 heteroatoms. The molecule has 0 bridgehead atoms. The van der Waals surface area contributed by atoms with Crippen LogP contribution in [0.2, 0.25) is 0 Å². The number of hydrogen-bond acceptors (Lipinski definition) is 3. The molecule has 0 fully saturated rings. The molecule has 0 spiro atoms. The molecule has 562 valence electrons. The Balaban J connectivity index is 0.000000160. The van der Waals surface area contributed by atoms with Gasteiger partial charge >= 0.3 is 0 Å². The Bertz CT molecular complexity index is 6370. The van der Waals surface area contributed by atoms with Gasteiger partial charge in [-0.3, -0.25) is 0 Å². The van der Waals surface area contributed by atoms with Crippen LogP contribution in [0.3, 0.4) is 0 Å². The predicted octanol–water partition coefficient (Wildman–Crippen LogP) is 32.2. The van der Waals surface area contributed by atoms with Crippen molar-refractivity contribution in [3.05, 3.63) is 525 Å². The minimum absolute atomic E-state index is 1.09. The van der Waals surface area contributed by atoms with E-state index in [0.29, 0.717) is 0 Å². The monoisotopic (exact) mass is 1520 g/mol. The van der Waals surface area contributed by atoms with Gasteiger partial charge in [-0.2, -0.15) is 0 Å². The summed E-state index contributed by atoms with van der Waals surface area (Å²) in [5, 5.41) is 9.88. The van der Waals surface area contributed by atoms with Gasteiger partial charge in [-0.15, -0.1) is 0 Å². The Hall–Kier alpha value is -15.7. The molecular formula is C116H83N3. The lowest BCUT2D eigenvalue weighted by molar-refractivity contribution is 1.28. The molecule has 3 nitrogen and oxygen atoms in total. The highest BCUT2D eigenvalue weighted by Crippen LogP contribution is 2.47. The van der Waals surface area contributed by atoms with E-state index in [1.165, 1.54) is 110 Å². The summed E-state index contributed by atoms with van der Waals surface area (Å²) < 4.78 is 0. The van der Waals surface area contributed by atoms with Crippen molar-refractivity contribution in [1.29, 1.82) is 0 Å². The fourth-order valence-corrected chi connectivity index (χ4v) is 16.8. The first-order valence-electron chi connectivity index (χ1n) is 40.8. The van der Waals surface area contributed by atoms with Crippen LogP contribution in [-0.2, 0) is 0 Å². The SMILES string of the molecule is C(=C(c1ccccc1)c1ccccc1)c1ccc(-c2c3ccccc3c(-c3ccc(C=C(c4ccccc4)c4ccccc4)cc3)c3ccccc23)cc1.c1ccc(N(c2ccc(-c3ccc(N(c4ccccc4)c4cccc5ccccc45)cc3)cc2)c2ccc(-c3ccc(N(c4ccccc4)c4cccc5ccccc45)cc3)cc2)cc1. The first-order valence-corrected chi connectivity index (χ1v) is 40.8. The minimum atomic E-state index is 1.09. The van der Waals surface area contributed by atoms with Crippen LogP contribution in [0.1, 0.15) is 33.4 Å². The molecule has 119 heavy (non-hydrogen) atoms. The van der Waals surface area contributed by atoms with Gasteiger partial charge in [0.05, 0.1) is 11.4 Å². The van der Waals surface area contributed by atoms with Crippen LogP contribution in [0.25, 0.3) is 111 Å². The number of hydrogen-bond donors (Lipinski definition) is 0. The normalized spacial score (nSPS) is 11.0. The Kier molecular flexibility index (Phi) is 21.1. The molecule has 20 aromatic carbocycles. The molecule has 0 radical (unpaired) electrons. The van der Waals surface area contributed by atoms with Crippen LogP contribution >= 0.6 is 0 Å². The van der Waals surface area contributed by atoms with E-state index in [0.717, 1.165) is 73.4 Å². The quantitative estimate of drug-likeness (QED) is 0.0590. The maximum atomic E-state index is 2.35. The summed E-state index contributed by atoms with van der Waals surface area (Å²) in [5.41, 5.74) is 29.2. The average Bonchev–Trinajstić information content (AvgIpc) is 0.740. The highest BCUT2D eigenvalue weighted by Gasteiger charge is 2.22. The lowest BCUT2D eigenvalue weighted by Gasteiger charge is -2.27. The molecule has 20 aromatic rings. The first kappa shape index (κ1) is 73.5. The molecule has 0 saturated carbocycles. The summed E-state index contributed by atoms with van der Waals surface area (Å²) in [5.74, 6) is 0. The Morgan fingerprint density at radius 2 is 0.361 bits per heavy atom. The van der Waals surface area contributed by atoms with Crippen molar-refractivity contribution in [2.24, 2.45) is 0 Å². The molecule has 0 amide bonds. The largest absolute Gasteiger partial charge is 0.311 e. The van der Waals surface area contributed by atoms with Crippen molar-refractivity contribution in [1.82, 2.24) is 0 Å². The van der Waals surface area contributed by atoms with Crippen molar-refractivity contribution in [2.45, 2.75) is 0 Å². The highest BCUT2D eigenvalue weighted by atomic mass is 15.2. The van der Waals surface area contributed by atoms with E-state index in [-0.39, 0.29) is 0 Å². The van der Waals surface area contributed by atoms with Crippen molar-refractivity contribution >= 4 is 118 Å². The number of fused-ring (bicyclic) bond motifs is 4. The van der Waals surface area contributed by atoms with Gasteiger partial charge in [0.2, 0.25) is 0 Å². The van der Waals surface area contributed by atoms with Crippen molar-refractivity contribution < 1.29 is 0 Å². The molecule has 0 saturated heterocycles. The van der Waals surface area contributed by atoms with E-state index in [4.69, 9.17) is 0 Å². The highest BCUT2D eigenvalue weighted by molar-refractivity contribution is 6.21. The predicted molar refractivity (Wildman–Crippen MR) is 508 cm³/mol. The number of rotatable bonds is 19. The van der Waals surface area contributed by atoms with Crippen LogP contribution in [0.5, 0.6) is 0 Å². The summed E-state index contributed by atoms with van der Waals surface area (Å²) in [4.78, 5) is 7.02. The molecule has 0 aliphatic heterocycles. The lowest BCUT2D eigenvalue weighted by Crippen LogP contribution is -2.10. The van der Waals surface area contributed by atoms with E-state index in [9.17, 15) is 0 Å². The Morgan fingerprint density at radius 3 is 0.647 bits per heavy atom. The van der Waals surface area contributed by atoms with Crippen LogP contribution in [0, 0.1) is 0 Å². The molecule has 0 atom stereocenters. The number of nitrogens with zero attached hydrogens (tertiary/aromatic N) is 3. The van der Waals surface area contributed by atoms with Gasteiger partial charge in [-0.05, 0) is 231 Å². The van der Waals surface area contributed by atoms with Crippen molar-refractivity contribution in [3.63, 3.8) is 0 Å². The van der Waals surface area contributed by atoms with E-state index in [1.807, 2.05) is 0 Å². The molecule has 0 aromatic heterocycles. The van der Waals surface area contributed by atoms with E-state index in [1.54, 1.807) is 0 Å². The summed E-state index contributed by atoms with van der Waals surface area (Å²) in [6, 6.07) is 176. The van der Waals surface area contributed by atoms with Crippen molar-refractivity contribution in [2.75, 3.05) is 14.7 Å². The molecule has 20 rings (SSSR count). The second kappa shape index (κ2) is 34.2. The molecule has 0 aliphatic rings. The average molecular weight is 1520 g/mol. The minimum Gasteiger partial charge on any atom is -0.311 e. The van der Waals surface area contributed by atoms with Crippen LogP contribution in [0.15, 0.2) is 491 Å². The number of benzene rings is 20. The number of para-hydroxylation sites is 3. The third-order valence-electron chi connectivity index (χ3n) is 22.5. The molecule has 0 aliphatic carbocycles. The van der Waals surface area contributed by atoms with Gasteiger partial charge in [0, 0.05) is 50.6 Å². The fraction of sp³-hybridized carbons (Fsp3) is 0. The lowest BCUT2D eigenvalue weighted by atomic mass is 9.85. The molecule has 0 heterocycles. The summed E-state index contributed by atoms with van der Waals surface area (Å²) in [7, 11) is 0. The maximum absolute atomic E-state index is 2.35. The third kappa shape index (κ3) is 15.7. The van der Waals surface area contributed by atoms with Crippen LogP contribution < -0.4 is 14.7 Å². The summed E-state index contributed by atoms with van der Waals surface area (Å²) in [6.07, 6.45) is 4.60. The van der Waals surface area contributed by atoms with Gasteiger partial charge in [-0.25, -0.2) is 0 Å². The smallest absolute Gasteiger partial charge is 0.0540 e. The van der Waals surface area contributed by atoms with Crippen molar-refractivity contribution in [3.8, 4) is 44.5 Å². The Morgan fingerprint density at radius 1 is 0.151 bits per heavy atom. The zero-order chi connectivity index (χ0) is 79.5. The topological polar surface area (TPSA) is 9.72 Å². The van der Waals surface area contributed by atoms with Crippen LogP contribution in [-0.4, -0.2) is 0 Å². The Labute approximate surface area is 696 Å². The van der Waals surface area contributed by atoms with Crippen LogP contribution in [0.4, 0.5) is 51.2 Å². The van der Waals surface area contributed by atoms with Gasteiger partial charge in [0.25, 0.3) is 0 Å². The third-order valence-corrected chi connectivity index (χ3v) is 22.5. The van der Waals surface area contributed by atoms with Gasteiger partial charge in [-0.1, -0.05) is 394 Å². The zero-order valence-corrected chi connectivity index (χ0v) is 65.8. The fourth-order valence-electron chi connectivity index (χ4n) is 16.8. The van der Waals surface area contributed by atoms with E-state index in [2.05, 4.69) is 518 Å². The maximum Gasteiger partial charge on any atom is 0.0540 e. The van der Waals surface area contributed by atoms with Gasteiger partial charge in [0.15, 0.2) is 0 Å². The second-order valence-electron chi connectivity index (χ2n) is 29.9. The van der Waals surface area contributed by atoms with Gasteiger partial charge < -0.3 is 14.7 Å².